The molecule has 0 aromatic carbocycles. The number of rotatable bonds is 7. The Bertz CT molecular complexity index is 245. The van der Waals surface area contributed by atoms with E-state index in [0.717, 1.165) is 32.3 Å². The van der Waals surface area contributed by atoms with E-state index in [0.29, 0.717) is 5.41 Å². The van der Waals surface area contributed by atoms with Gasteiger partial charge in [-0.2, -0.15) is 0 Å². The van der Waals surface area contributed by atoms with Crippen molar-refractivity contribution < 1.29 is 4.74 Å². The third kappa shape index (κ3) is 4.17. The predicted molar refractivity (Wildman–Crippen MR) is 80.5 cm³/mol. The molecule has 0 aromatic heterocycles. The quantitative estimate of drug-likeness (QED) is 0.768. The van der Waals surface area contributed by atoms with Crippen LogP contribution in [0.3, 0.4) is 0 Å². The molecule has 1 aliphatic carbocycles. The monoisotopic (exact) mass is 268 g/mol. The first kappa shape index (κ1) is 15.3. The highest BCUT2D eigenvalue weighted by Crippen LogP contribution is 2.33. The van der Waals surface area contributed by atoms with E-state index in [1.165, 1.54) is 51.6 Å². The van der Waals surface area contributed by atoms with Gasteiger partial charge in [0, 0.05) is 32.3 Å². The minimum absolute atomic E-state index is 0.451. The van der Waals surface area contributed by atoms with E-state index in [1.54, 1.807) is 0 Å². The summed E-state index contributed by atoms with van der Waals surface area (Å²) in [6.45, 7) is 11.2. The van der Waals surface area contributed by atoms with Gasteiger partial charge in [-0.05, 0) is 44.2 Å². The second kappa shape index (κ2) is 7.61. The van der Waals surface area contributed by atoms with Crippen LogP contribution in [-0.4, -0.2) is 50.3 Å². The second-order valence-corrected chi connectivity index (χ2v) is 6.39. The Kier molecular flexibility index (Phi) is 6.11. The van der Waals surface area contributed by atoms with Gasteiger partial charge < -0.3 is 15.0 Å². The third-order valence-corrected chi connectivity index (χ3v) is 5.09. The van der Waals surface area contributed by atoms with Crippen LogP contribution in [0.5, 0.6) is 0 Å². The largest absolute Gasteiger partial charge is 0.381 e. The fourth-order valence-corrected chi connectivity index (χ4v) is 3.78. The SMILES string of the molecule is CCNCC1(CN(CC)C2CCCC2)CCOCC1. The summed E-state index contributed by atoms with van der Waals surface area (Å²) in [6.07, 6.45) is 8.16. The zero-order valence-electron chi connectivity index (χ0n) is 12.9. The molecule has 19 heavy (non-hydrogen) atoms. The summed E-state index contributed by atoms with van der Waals surface area (Å²) in [6, 6.07) is 0.853. The lowest BCUT2D eigenvalue weighted by molar-refractivity contribution is -0.0103. The van der Waals surface area contributed by atoms with Crippen LogP contribution in [-0.2, 0) is 4.74 Å². The summed E-state index contributed by atoms with van der Waals surface area (Å²) < 4.78 is 5.60. The van der Waals surface area contributed by atoms with E-state index in [1.807, 2.05) is 0 Å². The molecule has 0 bridgehead atoms. The molecule has 0 atom stereocenters. The van der Waals surface area contributed by atoms with Crippen LogP contribution >= 0.6 is 0 Å². The summed E-state index contributed by atoms with van der Waals surface area (Å²) in [5, 5.41) is 3.60. The molecule has 2 rings (SSSR count). The molecule has 3 heteroatoms. The van der Waals surface area contributed by atoms with Crippen molar-refractivity contribution in [3.05, 3.63) is 0 Å². The molecule has 1 heterocycles. The van der Waals surface area contributed by atoms with Crippen LogP contribution in [0.25, 0.3) is 0 Å². The van der Waals surface area contributed by atoms with Crippen LogP contribution in [0.2, 0.25) is 0 Å². The lowest BCUT2D eigenvalue weighted by Gasteiger charge is -2.43. The van der Waals surface area contributed by atoms with Crippen LogP contribution < -0.4 is 5.32 Å². The van der Waals surface area contributed by atoms with Crippen LogP contribution in [0.1, 0.15) is 52.4 Å². The van der Waals surface area contributed by atoms with E-state index < -0.39 is 0 Å². The average molecular weight is 268 g/mol. The van der Waals surface area contributed by atoms with Gasteiger partial charge in [0.25, 0.3) is 0 Å². The molecule has 1 saturated carbocycles. The van der Waals surface area contributed by atoms with Gasteiger partial charge in [-0.25, -0.2) is 0 Å². The maximum Gasteiger partial charge on any atom is 0.0472 e. The van der Waals surface area contributed by atoms with Gasteiger partial charge in [-0.15, -0.1) is 0 Å². The predicted octanol–water partition coefficient (Wildman–Crippen LogP) is 2.66. The van der Waals surface area contributed by atoms with Gasteiger partial charge in [-0.3, -0.25) is 0 Å². The topological polar surface area (TPSA) is 24.5 Å². The standard InChI is InChI=1S/C16H32N2O/c1-3-17-13-16(9-11-19-12-10-16)14-18(4-2)15-7-5-6-8-15/h15,17H,3-14H2,1-2H3. The fourth-order valence-electron chi connectivity index (χ4n) is 3.78. The molecule has 1 N–H and O–H groups in total. The van der Waals surface area contributed by atoms with Gasteiger partial charge in [0.15, 0.2) is 0 Å². The average Bonchev–Trinajstić information content (AvgIpc) is 2.98. The first-order valence-corrected chi connectivity index (χ1v) is 8.32. The second-order valence-electron chi connectivity index (χ2n) is 6.39. The van der Waals surface area contributed by atoms with Gasteiger partial charge in [0.05, 0.1) is 0 Å². The molecular weight excluding hydrogens is 236 g/mol. The van der Waals surface area contributed by atoms with Gasteiger partial charge in [-0.1, -0.05) is 26.7 Å². The highest BCUT2D eigenvalue weighted by atomic mass is 16.5. The Hall–Kier alpha value is -0.120. The summed E-state index contributed by atoms with van der Waals surface area (Å²) in [4.78, 5) is 2.76. The first-order valence-electron chi connectivity index (χ1n) is 8.32. The van der Waals surface area contributed by atoms with E-state index in [2.05, 4.69) is 24.1 Å². The number of hydrogen-bond donors (Lipinski definition) is 1. The van der Waals surface area contributed by atoms with Crippen molar-refractivity contribution in [2.75, 3.05) is 39.4 Å². The Morgan fingerprint density at radius 1 is 1.16 bits per heavy atom. The molecule has 3 nitrogen and oxygen atoms in total. The van der Waals surface area contributed by atoms with Crippen molar-refractivity contribution in [1.82, 2.24) is 10.2 Å². The minimum atomic E-state index is 0.451. The van der Waals surface area contributed by atoms with E-state index in [4.69, 9.17) is 4.74 Å². The van der Waals surface area contributed by atoms with Crippen molar-refractivity contribution in [2.24, 2.45) is 5.41 Å². The van der Waals surface area contributed by atoms with E-state index in [9.17, 15) is 0 Å². The maximum absolute atomic E-state index is 5.60. The molecular formula is C16H32N2O. The molecule has 1 aliphatic heterocycles. The molecule has 0 radical (unpaired) electrons. The minimum Gasteiger partial charge on any atom is -0.381 e. The Balaban J connectivity index is 1.96. The zero-order valence-corrected chi connectivity index (χ0v) is 12.9. The van der Waals surface area contributed by atoms with Crippen molar-refractivity contribution in [3.63, 3.8) is 0 Å². The Morgan fingerprint density at radius 2 is 1.84 bits per heavy atom. The van der Waals surface area contributed by atoms with Gasteiger partial charge in [0.2, 0.25) is 0 Å². The van der Waals surface area contributed by atoms with Crippen molar-refractivity contribution in [3.8, 4) is 0 Å². The summed E-state index contributed by atoms with van der Waals surface area (Å²) in [5.74, 6) is 0. The number of nitrogens with zero attached hydrogens (tertiary/aromatic N) is 1. The Morgan fingerprint density at radius 3 is 2.42 bits per heavy atom. The van der Waals surface area contributed by atoms with Crippen LogP contribution in [0, 0.1) is 5.41 Å². The molecule has 112 valence electrons. The summed E-state index contributed by atoms with van der Waals surface area (Å²) >= 11 is 0. The first-order chi connectivity index (χ1) is 9.29. The Labute approximate surface area is 119 Å². The normalized spacial score (nSPS) is 24.2. The number of nitrogens with one attached hydrogen (secondary N) is 1. The summed E-state index contributed by atoms with van der Waals surface area (Å²) in [5.41, 5.74) is 0.451. The zero-order chi connectivity index (χ0) is 13.6. The maximum atomic E-state index is 5.60. The molecule has 0 aromatic rings. The molecule has 0 unspecified atom stereocenters. The number of hydrogen-bond acceptors (Lipinski definition) is 3. The molecule has 1 saturated heterocycles. The van der Waals surface area contributed by atoms with Gasteiger partial charge >= 0.3 is 0 Å². The van der Waals surface area contributed by atoms with Crippen LogP contribution in [0.4, 0.5) is 0 Å². The molecule has 0 spiro atoms. The third-order valence-electron chi connectivity index (χ3n) is 5.09. The van der Waals surface area contributed by atoms with Crippen molar-refractivity contribution in [2.45, 2.75) is 58.4 Å². The highest BCUT2D eigenvalue weighted by molar-refractivity contribution is 4.89. The smallest absolute Gasteiger partial charge is 0.0472 e. The lowest BCUT2D eigenvalue weighted by atomic mass is 9.79. The van der Waals surface area contributed by atoms with Crippen molar-refractivity contribution in [1.29, 1.82) is 0 Å². The van der Waals surface area contributed by atoms with Crippen molar-refractivity contribution >= 4 is 0 Å². The fraction of sp³-hybridized carbons (Fsp3) is 1.00. The molecule has 2 fully saturated rings. The van der Waals surface area contributed by atoms with E-state index in [-0.39, 0.29) is 0 Å². The molecule has 2 aliphatic rings. The van der Waals surface area contributed by atoms with Crippen LogP contribution in [0.15, 0.2) is 0 Å². The lowest BCUT2D eigenvalue weighted by Crippen LogP contribution is -2.49. The van der Waals surface area contributed by atoms with E-state index >= 15 is 0 Å². The number of ether oxygens (including phenoxy) is 1. The van der Waals surface area contributed by atoms with Gasteiger partial charge in [0.1, 0.15) is 0 Å². The highest BCUT2D eigenvalue weighted by Gasteiger charge is 2.35. The molecule has 0 amide bonds. The summed E-state index contributed by atoms with van der Waals surface area (Å²) in [7, 11) is 0.